The van der Waals surface area contributed by atoms with Gasteiger partial charge in [-0.25, -0.2) is 9.18 Å². The molecule has 0 atom stereocenters. The second-order valence-corrected chi connectivity index (χ2v) is 6.19. The second kappa shape index (κ2) is 5.56. The largest absolute Gasteiger partial charge is 0.478 e. The van der Waals surface area contributed by atoms with Crippen molar-refractivity contribution in [2.75, 3.05) is 22.6 Å². The first-order chi connectivity index (χ1) is 8.97. The third-order valence-corrected chi connectivity index (χ3v) is 4.50. The number of anilines is 2. The lowest BCUT2D eigenvalue weighted by Gasteiger charge is -2.24. The number of nitrogens with one attached hydrogen (secondary N) is 1. The van der Waals surface area contributed by atoms with Crippen LogP contribution in [0.3, 0.4) is 0 Å². The molecule has 0 saturated carbocycles. The Labute approximate surface area is 112 Å². The number of halogens is 1. The molecule has 7 heteroatoms. The van der Waals surface area contributed by atoms with Crippen molar-refractivity contribution in [3.05, 3.63) is 23.5 Å². The van der Waals surface area contributed by atoms with Crippen molar-refractivity contribution < 1.29 is 18.5 Å². The number of nitrogen functional groups attached to an aromatic ring is 1. The Morgan fingerprint density at radius 3 is 2.63 bits per heavy atom. The summed E-state index contributed by atoms with van der Waals surface area (Å²) in [5.41, 5.74) is 5.87. The Bertz CT molecular complexity index is 526. The van der Waals surface area contributed by atoms with Gasteiger partial charge in [0.15, 0.2) is 0 Å². The zero-order valence-corrected chi connectivity index (χ0v) is 11.0. The Hall–Kier alpha value is -1.63. The summed E-state index contributed by atoms with van der Waals surface area (Å²) in [5, 5.41) is 11.9. The number of hydrogen-bond acceptors (Lipinski definition) is 4. The average Bonchev–Trinajstić information content (AvgIpc) is 2.35. The van der Waals surface area contributed by atoms with E-state index in [0.717, 1.165) is 25.0 Å². The molecule has 0 amide bonds. The molecule has 0 spiro atoms. The van der Waals surface area contributed by atoms with Crippen LogP contribution in [0.25, 0.3) is 0 Å². The summed E-state index contributed by atoms with van der Waals surface area (Å²) >= 11 is 0. The minimum Gasteiger partial charge on any atom is -0.478 e. The third-order valence-electron chi connectivity index (χ3n) is 3.12. The summed E-state index contributed by atoms with van der Waals surface area (Å²) in [6.45, 7) is 0. The normalized spacial score (nSPS) is 23.0. The van der Waals surface area contributed by atoms with Crippen LogP contribution in [0.1, 0.15) is 23.2 Å². The Kier molecular flexibility index (Phi) is 4.04. The zero-order chi connectivity index (χ0) is 14.0. The molecule has 5 nitrogen and oxygen atoms in total. The van der Waals surface area contributed by atoms with E-state index in [0.29, 0.717) is 17.2 Å². The van der Waals surface area contributed by atoms with Crippen LogP contribution in [0, 0.1) is 5.82 Å². The van der Waals surface area contributed by atoms with Crippen LogP contribution in [0.4, 0.5) is 15.8 Å². The van der Waals surface area contributed by atoms with Gasteiger partial charge in [0.25, 0.3) is 0 Å². The van der Waals surface area contributed by atoms with E-state index in [9.17, 15) is 13.4 Å². The van der Waals surface area contributed by atoms with Gasteiger partial charge in [-0.2, -0.15) is 0 Å². The van der Waals surface area contributed by atoms with Crippen molar-refractivity contribution in [1.29, 1.82) is 0 Å². The highest BCUT2D eigenvalue weighted by Crippen LogP contribution is 2.25. The van der Waals surface area contributed by atoms with Gasteiger partial charge in [-0.05, 0) is 25.0 Å². The van der Waals surface area contributed by atoms with Crippen molar-refractivity contribution in [2.45, 2.75) is 18.9 Å². The molecule has 0 aromatic heterocycles. The highest BCUT2D eigenvalue weighted by atomic mass is 32.2. The number of aromatic carboxylic acids is 1. The minimum atomic E-state index is -1.34. The number of carboxylic acids is 1. The highest BCUT2D eigenvalue weighted by Gasteiger charge is 2.20. The molecule has 1 aromatic rings. The lowest BCUT2D eigenvalue weighted by molar-refractivity contribution is 0.0692. The van der Waals surface area contributed by atoms with E-state index >= 15 is 0 Å². The molecule has 0 radical (unpaired) electrons. The molecule has 0 bridgehead atoms. The first kappa shape index (κ1) is 13.8. The van der Waals surface area contributed by atoms with Crippen LogP contribution in [0.15, 0.2) is 12.1 Å². The number of benzene rings is 1. The smallest absolute Gasteiger partial charge is 0.338 e. The lowest BCUT2D eigenvalue weighted by Crippen LogP contribution is -2.29. The molecule has 1 aliphatic rings. The van der Waals surface area contributed by atoms with E-state index in [1.54, 1.807) is 0 Å². The predicted octanol–water partition coefficient (Wildman–Crippen LogP) is 1.43. The molecule has 4 N–H and O–H groups in total. The van der Waals surface area contributed by atoms with Crippen LogP contribution in [0.5, 0.6) is 0 Å². The molecular formula is C12H15FN2O3S. The monoisotopic (exact) mass is 286 g/mol. The van der Waals surface area contributed by atoms with Crippen molar-refractivity contribution in [3.8, 4) is 0 Å². The van der Waals surface area contributed by atoms with E-state index in [1.807, 2.05) is 0 Å². The van der Waals surface area contributed by atoms with E-state index < -0.39 is 28.1 Å². The first-order valence-corrected chi connectivity index (χ1v) is 7.40. The van der Waals surface area contributed by atoms with Crippen LogP contribution in [-0.2, 0) is 10.8 Å². The van der Waals surface area contributed by atoms with E-state index in [1.165, 1.54) is 0 Å². The van der Waals surface area contributed by atoms with Crippen molar-refractivity contribution >= 4 is 28.1 Å². The number of hydrogen-bond donors (Lipinski definition) is 3. The third kappa shape index (κ3) is 3.23. The maximum atomic E-state index is 13.6. The van der Waals surface area contributed by atoms with Gasteiger partial charge in [0, 0.05) is 28.3 Å². The Morgan fingerprint density at radius 1 is 1.42 bits per heavy atom. The second-order valence-electron chi connectivity index (χ2n) is 4.49. The zero-order valence-electron chi connectivity index (χ0n) is 10.2. The van der Waals surface area contributed by atoms with Crippen LogP contribution in [0.2, 0.25) is 0 Å². The Balaban J connectivity index is 2.15. The van der Waals surface area contributed by atoms with Gasteiger partial charge in [-0.3, -0.25) is 4.21 Å². The number of nitrogens with two attached hydrogens (primary N) is 1. The molecule has 1 heterocycles. The molecule has 1 fully saturated rings. The summed E-state index contributed by atoms with van der Waals surface area (Å²) in [5.74, 6) is -0.923. The standard InChI is InChI=1S/C12H15FN2O3S/c13-9-6-11(10(14)5-8(9)12(16)17)15-7-1-3-19(18)4-2-7/h5-7,15H,1-4,14H2,(H,16,17). The molecule has 1 aliphatic heterocycles. The number of rotatable bonds is 3. The summed E-state index contributed by atoms with van der Waals surface area (Å²) in [6, 6.07) is 2.31. The summed E-state index contributed by atoms with van der Waals surface area (Å²) in [6.07, 6.45) is 1.46. The molecule has 19 heavy (non-hydrogen) atoms. The van der Waals surface area contributed by atoms with Crippen molar-refractivity contribution in [1.82, 2.24) is 0 Å². The maximum Gasteiger partial charge on any atom is 0.338 e. The van der Waals surface area contributed by atoms with Crippen molar-refractivity contribution in [3.63, 3.8) is 0 Å². The van der Waals surface area contributed by atoms with Gasteiger partial charge in [0.05, 0.1) is 16.9 Å². The average molecular weight is 286 g/mol. The SMILES string of the molecule is Nc1cc(C(=O)O)c(F)cc1NC1CCS(=O)CC1. The van der Waals surface area contributed by atoms with Crippen LogP contribution < -0.4 is 11.1 Å². The van der Waals surface area contributed by atoms with Gasteiger partial charge in [0.1, 0.15) is 5.82 Å². The fourth-order valence-corrected chi connectivity index (χ4v) is 3.34. The minimum absolute atomic E-state index is 0.0927. The maximum absolute atomic E-state index is 13.6. The molecule has 0 aliphatic carbocycles. The topological polar surface area (TPSA) is 92.4 Å². The van der Waals surface area contributed by atoms with Gasteiger partial charge < -0.3 is 16.2 Å². The van der Waals surface area contributed by atoms with E-state index in [-0.39, 0.29) is 11.7 Å². The van der Waals surface area contributed by atoms with Gasteiger partial charge >= 0.3 is 5.97 Å². The molecule has 104 valence electrons. The van der Waals surface area contributed by atoms with Gasteiger partial charge in [-0.1, -0.05) is 0 Å². The first-order valence-electron chi connectivity index (χ1n) is 5.91. The quantitative estimate of drug-likeness (QED) is 0.731. The summed E-state index contributed by atoms with van der Waals surface area (Å²) in [4.78, 5) is 10.8. The molecule has 1 saturated heterocycles. The fourth-order valence-electron chi connectivity index (χ4n) is 2.04. The lowest BCUT2D eigenvalue weighted by atomic mass is 10.1. The summed E-state index contributed by atoms with van der Waals surface area (Å²) in [7, 11) is -0.762. The van der Waals surface area contributed by atoms with Crippen LogP contribution >= 0.6 is 0 Å². The predicted molar refractivity (Wildman–Crippen MR) is 72.3 cm³/mol. The molecule has 1 aromatic carbocycles. The van der Waals surface area contributed by atoms with Gasteiger partial charge in [0.2, 0.25) is 0 Å². The molecular weight excluding hydrogens is 271 g/mol. The highest BCUT2D eigenvalue weighted by molar-refractivity contribution is 7.85. The fraction of sp³-hybridized carbons (Fsp3) is 0.417. The van der Waals surface area contributed by atoms with E-state index in [2.05, 4.69) is 5.32 Å². The number of carbonyl (C=O) groups is 1. The Morgan fingerprint density at radius 2 is 2.05 bits per heavy atom. The van der Waals surface area contributed by atoms with Gasteiger partial charge in [-0.15, -0.1) is 0 Å². The number of carboxylic acid groups (broad SMARTS) is 1. The van der Waals surface area contributed by atoms with Crippen molar-refractivity contribution in [2.24, 2.45) is 0 Å². The summed E-state index contributed by atoms with van der Waals surface area (Å²) < 4.78 is 24.8. The van der Waals surface area contributed by atoms with Crippen LogP contribution in [-0.4, -0.2) is 32.8 Å². The van der Waals surface area contributed by atoms with E-state index in [4.69, 9.17) is 10.8 Å². The molecule has 2 rings (SSSR count). The molecule has 0 unspecified atom stereocenters.